The van der Waals surface area contributed by atoms with E-state index in [1.165, 1.54) is 22.6 Å². The van der Waals surface area contributed by atoms with Crippen molar-refractivity contribution in [2.75, 3.05) is 13.1 Å². The maximum absolute atomic E-state index is 12.1. The molecule has 1 atom stereocenters. The molecular weight excluding hydrogens is 244 g/mol. The number of hydrogen-bond donors (Lipinski definition) is 2. The first kappa shape index (κ1) is 12.3. The van der Waals surface area contributed by atoms with Gasteiger partial charge in [-0.3, -0.25) is 4.79 Å². The Morgan fingerprint density at radius 1 is 1.47 bits per heavy atom. The minimum Gasteiger partial charge on any atom is -0.389 e. The summed E-state index contributed by atoms with van der Waals surface area (Å²) in [5.74, 6) is 0. The van der Waals surface area contributed by atoms with Crippen molar-refractivity contribution >= 4 is 10.0 Å². The number of rotatable bonds is 2. The van der Waals surface area contributed by atoms with E-state index in [9.17, 15) is 18.3 Å². The molecule has 0 aliphatic carbocycles. The molecule has 1 aromatic heterocycles. The summed E-state index contributed by atoms with van der Waals surface area (Å²) in [6.07, 6.45) is 1.58. The summed E-state index contributed by atoms with van der Waals surface area (Å²) in [6.45, 7) is 1.97. The van der Waals surface area contributed by atoms with Gasteiger partial charge in [-0.25, -0.2) is 8.42 Å². The first-order valence-electron chi connectivity index (χ1n) is 5.23. The molecule has 2 rings (SSSR count). The molecule has 0 spiro atoms. The van der Waals surface area contributed by atoms with Gasteiger partial charge in [0.1, 0.15) is 0 Å². The largest absolute Gasteiger partial charge is 0.389 e. The second-order valence-corrected chi connectivity index (χ2v) is 6.41. The van der Waals surface area contributed by atoms with Crippen LogP contribution in [0.1, 0.15) is 13.3 Å². The number of aromatic nitrogens is 1. The van der Waals surface area contributed by atoms with Gasteiger partial charge in [0.2, 0.25) is 15.6 Å². The first-order valence-corrected chi connectivity index (χ1v) is 6.67. The van der Waals surface area contributed by atoms with Crippen molar-refractivity contribution in [2.45, 2.75) is 23.8 Å². The van der Waals surface area contributed by atoms with E-state index in [0.717, 1.165) is 0 Å². The van der Waals surface area contributed by atoms with Crippen LogP contribution in [0.25, 0.3) is 0 Å². The molecule has 1 aromatic rings. The second kappa shape index (κ2) is 3.94. The maximum Gasteiger partial charge on any atom is 0.247 e. The van der Waals surface area contributed by atoms with Crippen LogP contribution in [0.5, 0.6) is 0 Å². The van der Waals surface area contributed by atoms with E-state index in [-0.39, 0.29) is 23.5 Å². The van der Waals surface area contributed by atoms with Crippen LogP contribution in [-0.2, 0) is 10.0 Å². The lowest BCUT2D eigenvalue weighted by Gasteiger charge is -2.18. The number of pyridine rings is 1. The van der Waals surface area contributed by atoms with Gasteiger partial charge in [0.15, 0.2) is 0 Å². The molecule has 0 amide bonds. The quantitative estimate of drug-likeness (QED) is 0.749. The van der Waals surface area contributed by atoms with Crippen molar-refractivity contribution in [1.29, 1.82) is 0 Å². The summed E-state index contributed by atoms with van der Waals surface area (Å²) < 4.78 is 25.5. The SMILES string of the molecule is CC1(O)CCN(S(=O)(=O)c2ccc(=O)[nH]c2)C1. The second-order valence-electron chi connectivity index (χ2n) is 4.47. The van der Waals surface area contributed by atoms with Crippen molar-refractivity contribution in [3.63, 3.8) is 0 Å². The minimum atomic E-state index is -3.62. The summed E-state index contributed by atoms with van der Waals surface area (Å²) in [5, 5.41) is 9.76. The van der Waals surface area contributed by atoms with Gasteiger partial charge in [-0.05, 0) is 19.4 Å². The Bertz CT molecular complexity index is 556. The maximum atomic E-state index is 12.1. The molecule has 7 heteroatoms. The third kappa shape index (κ3) is 2.41. The lowest BCUT2D eigenvalue weighted by Crippen LogP contribution is -2.34. The smallest absolute Gasteiger partial charge is 0.247 e. The average Bonchev–Trinajstić information content (AvgIpc) is 2.60. The average molecular weight is 258 g/mol. The van der Waals surface area contributed by atoms with Crippen LogP contribution in [0.3, 0.4) is 0 Å². The number of H-pyrrole nitrogens is 1. The Labute approximate surface area is 98.9 Å². The summed E-state index contributed by atoms with van der Waals surface area (Å²) >= 11 is 0. The fourth-order valence-corrected chi connectivity index (χ4v) is 3.34. The predicted molar refractivity (Wildman–Crippen MR) is 61.1 cm³/mol. The highest BCUT2D eigenvalue weighted by atomic mass is 32.2. The zero-order valence-corrected chi connectivity index (χ0v) is 10.2. The Morgan fingerprint density at radius 3 is 2.65 bits per heavy atom. The number of nitrogens with one attached hydrogen (secondary N) is 1. The molecule has 1 unspecified atom stereocenters. The Balaban J connectivity index is 2.32. The van der Waals surface area contributed by atoms with E-state index < -0.39 is 15.6 Å². The Hall–Kier alpha value is -1.18. The molecule has 1 aliphatic heterocycles. The zero-order chi connectivity index (χ0) is 12.7. The Kier molecular flexibility index (Phi) is 2.84. The standard InChI is InChI=1S/C10H14N2O4S/c1-10(14)4-5-12(7-10)17(15,16)8-2-3-9(13)11-6-8/h2-3,6,14H,4-5,7H2,1H3,(H,11,13). The van der Waals surface area contributed by atoms with E-state index in [0.29, 0.717) is 6.42 Å². The first-order chi connectivity index (χ1) is 7.81. The number of sulfonamides is 1. The summed E-state index contributed by atoms with van der Waals surface area (Å²) in [4.78, 5) is 13.2. The van der Waals surface area contributed by atoms with Crippen LogP contribution in [0.15, 0.2) is 28.0 Å². The van der Waals surface area contributed by atoms with Crippen LogP contribution in [0, 0.1) is 0 Å². The predicted octanol–water partition coefficient (Wildman–Crippen LogP) is -0.480. The van der Waals surface area contributed by atoms with Gasteiger partial charge >= 0.3 is 0 Å². The molecular formula is C10H14N2O4S. The summed E-state index contributed by atoms with van der Waals surface area (Å²) in [6, 6.07) is 2.43. The summed E-state index contributed by atoms with van der Waals surface area (Å²) in [7, 11) is -3.62. The monoisotopic (exact) mass is 258 g/mol. The normalized spacial score (nSPS) is 26.2. The molecule has 6 nitrogen and oxygen atoms in total. The highest BCUT2D eigenvalue weighted by Crippen LogP contribution is 2.25. The van der Waals surface area contributed by atoms with Crippen LogP contribution < -0.4 is 5.56 Å². The number of hydrogen-bond acceptors (Lipinski definition) is 4. The molecule has 2 heterocycles. The molecule has 17 heavy (non-hydrogen) atoms. The zero-order valence-electron chi connectivity index (χ0n) is 9.38. The van der Waals surface area contributed by atoms with Gasteiger partial charge in [0.05, 0.1) is 10.5 Å². The van der Waals surface area contributed by atoms with Gasteiger partial charge in [-0.15, -0.1) is 0 Å². The molecule has 0 saturated carbocycles. The molecule has 1 saturated heterocycles. The van der Waals surface area contributed by atoms with Crippen LogP contribution in [0.2, 0.25) is 0 Å². The summed E-state index contributed by atoms with van der Waals surface area (Å²) in [5.41, 5.74) is -1.33. The van der Waals surface area contributed by atoms with Crippen molar-refractivity contribution in [3.8, 4) is 0 Å². The van der Waals surface area contributed by atoms with Crippen molar-refractivity contribution in [3.05, 3.63) is 28.7 Å². The van der Waals surface area contributed by atoms with Gasteiger partial charge in [-0.1, -0.05) is 0 Å². The number of β-amino-alcohol motifs (C(OH)–C–C–N with tert-alkyl or cyclic N) is 1. The minimum absolute atomic E-state index is 0.0369. The molecule has 0 aromatic carbocycles. The van der Waals surface area contributed by atoms with Gasteiger partial charge in [0, 0.05) is 25.4 Å². The van der Waals surface area contributed by atoms with Crippen molar-refractivity contribution in [2.24, 2.45) is 0 Å². The topological polar surface area (TPSA) is 90.5 Å². The van der Waals surface area contributed by atoms with Gasteiger partial charge in [0.25, 0.3) is 0 Å². The van der Waals surface area contributed by atoms with Crippen LogP contribution in [0.4, 0.5) is 0 Å². The third-order valence-corrected chi connectivity index (χ3v) is 4.65. The van der Waals surface area contributed by atoms with E-state index in [1.54, 1.807) is 6.92 Å². The fourth-order valence-electron chi connectivity index (χ4n) is 1.81. The fraction of sp³-hybridized carbons (Fsp3) is 0.500. The van der Waals surface area contributed by atoms with E-state index in [2.05, 4.69) is 4.98 Å². The molecule has 0 radical (unpaired) electrons. The molecule has 1 aliphatic rings. The number of nitrogens with zero attached hydrogens (tertiary/aromatic N) is 1. The van der Waals surface area contributed by atoms with Gasteiger partial charge < -0.3 is 10.1 Å². The lowest BCUT2D eigenvalue weighted by molar-refractivity contribution is 0.0762. The number of aromatic amines is 1. The van der Waals surface area contributed by atoms with E-state index >= 15 is 0 Å². The molecule has 2 N–H and O–H groups in total. The Morgan fingerprint density at radius 2 is 2.18 bits per heavy atom. The van der Waals surface area contributed by atoms with E-state index in [4.69, 9.17) is 0 Å². The van der Waals surface area contributed by atoms with Crippen molar-refractivity contribution < 1.29 is 13.5 Å². The highest BCUT2D eigenvalue weighted by molar-refractivity contribution is 7.89. The molecule has 1 fully saturated rings. The third-order valence-electron chi connectivity index (χ3n) is 2.81. The van der Waals surface area contributed by atoms with Crippen molar-refractivity contribution in [1.82, 2.24) is 9.29 Å². The van der Waals surface area contributed by atoms with Crippen LogP contribution >= 0.6 is 0 Å². The van der Waals surface area contributed by atoms with Crippen LogP contribution in [-0.4, -0.2) is 41.5 Å². The van der Waals surface area contributed by atoms with Gasteiger partial charge in [-0.2, -0.15) is 4.31 Å². The molecule has 94 valence electrons. The number of aliphatic hydroxyl groups is 1. The lowest BCUT2D eigenvalue weighted by atomic mass is 10.1. The van der Waals surface area contributed by atoms with E-state index in [1.807, 2.05) is 0 Å². The molecule has 0 bridgehead atoms. The highest BCUT2D eigenvalue weighted by Gasteiger charge is 2.38.